The van der Waals surface area contributed by atoms with Gasteiger partial charge in [-0.05, 0) is 50.6 Å². The van der Waals surface area contributed by atoms with Gasteiger partial charge in [0.2, 0.25) is 0 Å². The molecule has 30 heavy (non-hydrogen) atoms. The zero-order chi connectivity index (χ0) is 22.3. The smallest absolute Gasteiger partial charge is 0.332 e. The summed E-state index contributed by atoms with van der Waals surface area (Å²) in [4.78, 5) is 40.4. The first-order chi connectivity index (χ1) is 14.4. The SMILES string of the molecule is CC.CCn1c(=O)c(C(=O)CN2CCCCC2)c(N)n(Cc2ccc(F)cc2)c1=O. The lowest BCUT2D eigenvalue weighted by molar-refractivity contribution is 0.0913. The molecule has 1 aliphatic rings. The Kier molecular flexibility index (Phi) is 8.53. The Bertz CT molecular complexity index is 974. The molecule has 0 atom stereocenters. The molecule has 8 heteroatoms. The van der Waals surface area contributed by atoms with E-state index in [4.69, 9.17) is 5.73 Å². The molecule has 2 heterocycles. The molecular formula is C22H31FN4O3. The highest BCUT2D eigenvalue weighted by Crippen LogP contribution is 2.13. The fourth-order valence-corrected chi connectivity index (χ4v) is 3.58. The zero-order valence-corrected chi connectivity index (χ0v) is 18.0. The van der Waals surface area contributed by atoms with E-state index in [2.05, 4.69) is 0 Å². The van der Waals surface area contributed by atoms with E-state index in [0.29, 0.717) is 5.56 Å². The second-order valence-electron chi connectivity index (χ2n) is 7.06. The summed E-state index contributed by atoms with van der Waals surface area (Å²) in [6.07, 6.45) is 3.18. The number of carbonyl (C=O) groups is 1. The standard InChI is InChI=1S/C20H25FN4O3.C2H6/c1-2-24-19(27)17(16(26)13-23-10-4-3-5-11-23)18(22)25(20(24)28)12-14-6-8-15(21)9-7-14;1-2/h6-9H,2-5,10-13,22H2,1H3;1-2H3. The molecule has 1 aliphatic heterocycles. The molecule has 7 nitrogen and oxygen atoms in total. The van der Waals surface area contributed by atoms with E-state index >= 15 is 0 Å². The van der Waals surface area contributed by atoms with Gasteiger partial charge in [0.05, 0.1) is 13.1 Å². The minimum Gasteiger partial charge on any atom is -0.384 e. The van der Waals surface area contributed by atoms with Gasteiger partial charge in [0.1, 0.15) is 17.2 Å². The van der Waals surface area contributed by atoms with Crippen LogP contribution in [0.5, 0.6) is 0 Å². The van der Waals surface area contributed by atoms with Crippen molar-refractivity contribution in [3.63, 3.8) is 0 Å². The van der Waals surface area contributed by atoms with E-state index in [1.165, 1.54) is 28.8 Å². The Hall–Kier alpha value is -2.74. The van der Waals surface area contributed by atoms with Crippen LogP contribution in [-0.4, -0.2) is 39.5 Å². The Labute approximate surface area is 175 Å². The zero-order valence-electron chi connectivity index (χ0n) is 18.0. The first-order valence-corrected chi connectivity index (χ1v) is 10.6. The molecule has 164 valence electrons. The molecular weight excluding hydrogens is 387 g/mol. The lowest BCUT2D eigenvalue weighted by atomic mass is 10.1. The Balaban J connectivity index is 0.00000155. The summed E-state index contributed by atoms with van der Waals surface area (Å²) in [6.45, 7) is 7.57. The third-order valence-corrected chi connectivity index (χ3v) is 5.13. The number of nitrogens with zero attached hydrogens (tertiary/aromatic N) is 3. The normalized spacial score (nSPS) is 14.1. The van der Waals surface area contributed by atoms with Crippen LogP contribution in [0.3, 0.4) is 0 Å². The Morgan fingerprint density at radius 1 is 1.03 bits per heavy atom. The molecule has 2 aromatic rings. The van der Waals surface area contributed by atoms with Crippen molar-refractivity contribution < 1.29 is 9.18 Å². The minimum atomic E-state index is -0.651. The highest BCUT2D eigenvalue weighted by Gasteiger charge is 2.24. The molecule has 1 fully saturated rings. The number of hydrogen-bond acceptors (Lipinski definition) is 5. The third kappa shape index (κ3) is 5.24. The quantitative estimate of drug-likeness (QED) is 0.728. The molecule has 0 unspecified atom stereocenters. The number of Topliss-reactive ketones (excluding diaryl/α,β-unsaturated/α-hetero) is 1. The first kappa shape index (κ1) is 23.5. The van der Waals surface area contributed by atoms with Crippen LogP contribution in [0.2, 0.25) is 0 Å². The predicted molar refractivity (Wildman–Crippen MR) is 117 cm³/mol. The number of ketones is 1. The second-order valence-corrected chi connectivity index (χ2v) is 7.06. The van der Waals surface area contributed by atoms with Crippen LogP contribution < -0.4 is 17.0 Å². The Morgan fingerprint density at radius 2 is 1.63 bits per heavy atom. The second kappa shape index (κ2) is 10.9. The number of likely N-dealkylation sites (tertiary alicyclic amines) is 1. The number of hydrogen-bond donors (Lipinski definition) is 1. The molecule has 0 saturated carbocycles. The number of carbonyl (C=O) groups excluding carboxylic acids is 1. The summed E-state index contributed by atoms with van der Waals surface area (Å²) in [6, 6.07) is 5.65. The molecule has 3 rings (SSSR count). The van der Waals surface area contributed by atoms with Gasteiger partial charge in [-0.2, -0.15) is 0 Å². The number of piperidine rings is 1. The van der Waals surface area contributed by atoms with Gasteiger partial charge < -0.3 is 5.73 Å². The lowest BCUT2D eigenvalue weighted by Crippen LogP contribution is -2.45. The number of anilines is 1. The molecule has 0 radical (unpaired) electrons. The summed E-state index contributed by atoms with van der Waals surface area (Å²) in [5.41, 5.74) is 5.40. The van der Waals surface area contributed by atoms with Crippen LogP contribution in [0, 0.1) is 5.82 Å². The van der Waals surface area contributed by atoms with Crippen LogP contribution in [0.25, 0.3) is 0 Å². The maximum Gasteiger partial charge on any atom is 0.332 e. The van der Waals surface area contributed by atoms with Gasteiger partial charge in [-0.3, -0.25) is 23.6 Å². The summed E-state index contributed by atoms with van der Waals surface area (Å²) in [7, 11) is 0. The molecule has 1 aromatic heterocycles. The minimum absolute atomic E-state index is 0.0508. The third-order valence-electron chi connectivity index (χ3n) is 5.13. The van der Waals surface area contributed by atoms with E-state index in [0.717, 1.165) is 36.9 Å². The fraction of sp³-hybridized carbons (Fsp3) is 0.500. The van der Waals surface area contributed by atoms with Crippen molar-refractivity contribution in [3.05, 3.63) is 62.0 Å². The van der Waals surface area contributed by atoms with Gasteiger partial charge in [-0.15, -0.1) is 0 Å². The summed E-state index contributed by atoms with van der Waals surface area (Å²) >= 11 is 0. The largest absolute Gasteiger partial charge is 0.384 e. The van der Waals surface area contributed by atoms with Crippen molar-refractivity contribution in [2.45, 2.75) is 53.1 Å². The van der Waals surface area contributed by atoms with Gasteiger partial charge in [0, 0.05) is 6.54 Å². The average Bonchev–Trinajstić information content (AvgIpc) is 2.75. The monoisotopic (exact) mass is 418 g/mol. The van der Waals surface area contributed by atoms with Crippen LogP contribution in [0.4, 0.5) is 10.2 Å². The average molecular weight is 419 g/mol. The van der Waals surface area contributed by atoms with E-state index in [1.807, 2.05) is 18.7 Å². The van der Waals surface area contributed by atoms with Crippen molar-refractivity contribution in [1.29, 1.82) is 0 Å². The van der Waals surface area contributed by atoms with Gasteiger partial charge in [0.15, 0.2) is 5.78 Å². The molecule has 2 N–H and O–H groups in total. The van der Waals surface area contributed by atoms with Crippen LogP contribution in [-0.2, 0) is 13.1 Å². The summed E-state index contributed by atoms with van der Waals surface area (Å²) in [5.74, 6) is -0.898. The van der Waals surface area contributed by atoms with E-state index < -0.39 is 11.2 Å². The number of nitrogens with two attached hydrogens (primary N) is 1. The van der Waals surface area contributed by atoms with E-state index in [-0.39, 0.29) is 42.6 Å². The van der Waals surface area contributed by atoms with Crippen molar-refractivity contribution >= 4 is 11.6 Å². The Morgan fingerprint density at radius 3 is 2.20 bits per heavy atom. The maximum atomic E-state index is 13.2. The van der Waals surface area contributed by atoms with Crippen molar-refractivity contribution in [2.24, 2.45) is 0 Å². The molecule has 1 saturated heterocycles. The van der Waals surface area contributed by atoms with E-state index in [1.54, 1.807) is 6.92 Å². The first-order valence-electron chi connectivity index (χ1n) is 10.6. The number of aromatic nitrogens is 2. The summed E-state index contributed by atoms with van der Waals surface area (Å²) < 4.78 is 15.4. The van der Waals surface area contributed by atoms with Crippen LogP contribution in [0.15, 0.2) is 33.9 Å². The maximum absolute atomic E-state index is 13.2. The van der Waals surface area contributed by atoms with Gasteiger partial charge in [0.25, 0.3) is 5.56 Å². The highest BCUT2D eigenvalue weighted by atomic mass is 19.1. The molecule has 0 bridgehead atoms. The van der Waals surface area contributed by atoms with Gasteiger partial charge in [-0.1, -0.05) is 32.4 Å². The van der Waals surface area contributed by atoms with Crippen molar-refractivity contribution in [1.82, 2.24) is 14.0 Å². The van der Waals surface area contributed by atoms with Crippen LogP contribution in [0.1, 0.15) is 56.0 Å². The number of benzene rings is 1. The summed E-state index contributed by atoms with van der Waals surface area (Å²) in [5, 5.41) is 0. The van der Waals surface area contributed by atoms with Crippen molar-refractivity contribution in [2.75, 3.05) is 25.4 Å². The van der Waals surface area contributed by atoms with E-state index in [9.17, 15) is 18.8 Å². The highest BCUT2D eigenvalue weighted by molar-refractivity contribution is 6.01. The predicted octanol–water partition coefficient (Wildman–Crippen LogP) is 2.49. The molecule has 1 aromatic carbocycles. The van der Waals surface area contributed by atoms with Gasteiger partial charge in [-0.25, -0.2) is 9.18 Å². The number of rotatable bonds is 6. The van der Waals surface area contributed by atoms with Crippen LogP contribution >= 0.6 is 0 Å². The molecule has 0 amide bonds. The van der Waals surface area contributed by atoms with Crippen molar-refractivity contribution in [3.8, 4) is 0 Å². The molecule has 0 spiro atoms. The van der Waals surface area contributed by atoms with Gasteiger partial charge >= 0.3 is 5.69 Å². The number of halogens is 1. The topological polar surface area (TPSA) is 90.3 Å². The molecule has 0 aliphatic carbocycles. The fourth-order valence-electron chi connectivity index (χ4n) is 3.58. The lowest BCUT2D eigenvalue weighted by Gasteiger charge is -2.26. The number of nitrogen functional groups attached to an aromatic ring is 1.